The maximum atomic E-state index is 4.49. The number of benzene rings is 1. The number of guanidine groups is 1. The Morgan fingerprint density at radius 1 is 1.22 bits per heavy atom. The molecule has 0 spiro atoms. The Hall–Kier alpha value is -1.02. The van der Waals surface area contributed by atoms with Crippen LogP contribution in [0.15, 0.2) is 41.5 Å². The molecule has 1 aromatic heterocycles. The van der Waals surface area contributed by atoms with Crippen LogP contribution in [0, 0.1) is 0 Å². The van der Waals surface area contributed by atoms with Gasteiger partial charge in [0.25, 0.3) is 0 Å². The van der Waals surface area contributed by atoms with E-state index < -0.39 is 0 Å². The van der Waals surface area contributed by atoms with E-state index in [9.17, 15) is 0 Å². The largest absolute Gasteiger partial charge is 0.355 e. The van der Waals surface area contributed by atoms with E-state index in [1.54, 1.807) is 7.05 Å². The third kappa shape index (κ3) is 5.84. The Balaban J connectivity index is 0.00000264. The Morgan fingerprint density at radius 2 is 1.96 bits per heavy atom. The van der Waals surface area contributed by atoms with Gasteiger partial charge in [-0.2, -0.15) is 11.8 Å². The van der Waals surface area contributed by atoms with E-state index in [1.165, 1.54) is 10.8 Å². The van der Waals surface area contributed by atoms with E-state index in [2.05, 4.69) is 52.8 Å². The number of rotatable bonds is 5. The molecule has 0 atom stereocenters. The van der Waals surface area contributed by atoms with Crippen molar-refractivity contribution in [3.8, 4) is 0 Å². The van der Waals surface area contributed by atoms with Crippen LogP contribution in [0.5, 0.6) is 0 Å². The van der Waals surface area contributed by atoms with Gasteiger partial charge in [-0.25, -0.2) is 0 Å². The summed E-state index contributed by atoms with van der Waals surface area (Å²) in [6.07, 6.45) is 3.98. The van der Waals surface area contributed by atoms with Crippen LogP contribution in [0.25, 0.3) is 10.8 Å². The highest BCUT2D eigenvalue weighted by Gasteiger charge is 2.16. The highest BCUT2D eigenvalue weighted by atomic mass is 127. The van der Waals surface area contributed by atoms with E-state index >= 15 is 0 Å². The first kappa shape index (κ1) is 20.0. The standard InChI is InChI=1S/C17H24N4S.HI/c1-17(2,22-4)12-21-16(18-3)20-11-15-14-8-6-5-7-13(14)9-10-19-15;/h5-10H,11-12H2,1-4H3,(H2,18,20,21);1H. The first-order valence-electron chi connectivity index (χ1n) is 7.38. The van der Waals surface area contributed by atoms with Crippen molar-refractivity contribution in [1.29, 1.82) is 0 Å². The first-order chi connectivity index (χ1) is 10.6. The molecule has 0 aliphatic carbocycles. The second kappa shape index (κ2) is 9.32. The Kier molecular flexibility index (Phi) is 8.11. The molecule has 2 N–H and O–H groups in total. The summed E-state index contributed by atoms with van der Waals surface area (Å²) in [5, 5.41) is 9.10. The molecule has 0 saturated carbocycles. The number of pyridine rings is 1. The fraction of sp³-hybridized carbons (Fsp3) is 0.412. The first-order valence-corrected chi connectivity index (χ1v) is 8.60. The molecule has 2 rings (SSSR count). The monoisotopic (exact) mass is 444 g/mol. The van der Waals surface area contributed by atoms with E-state index in [0.29, 0.717) is 6.54 Å². The van der Waals surface area contributed by atoms with Crippen LogP contribution in [0.3, 0.4) is 0 Å². The molecule has 0 fully saturated rings. The lowest BCUT2D eigenvalue weighted by Crippen LogP contribution is -2.43. The molecule has 1 heterocycles. The summed E-state index contributed by atoms with van der Waals surface area (Å²) in [5.41, 5.74) is 1.03. The second-order valence-electron chi connectivity index (χ2n) is 5.72. The summed E-state index contributed by atoms with van der Waals surface area (Å²) in [5.74, 6) is 0.803. The van der Waals surface area contributed by atoms with Crippen LogP contribution < -0.4 is 10.6 Å². The van der Waals surface area contributed by atoms with Gasteiger partial charge in [-0.1, -0.05) is 24.3 Å². The number of aliphatic imine (C=N–C) groups is 1. The minimum Gasteiger partial charge on any atom is -0.355 e. The number of aromatic nitrogens is 1. The van der Waals surface area contributed by atoms with Gasteiger partial charge in [-0.3, -0.25) is 9.98 Å². The molecule has 23 heavy (non-hydrogen) atoms. The maximum Gasteiger partial charge on any atom is 0.191 e. The van der Waals surface area contributed by atoms with Gasteiger partial charge >= 0.3 is 0 Å². The average Bonchev–Trinajstić information content (AvgIpc) is 2.55. The molecular weight excluding hydrogens is 419 g/mol. The van der Waals surface area contributed by atoms with Crippen LogP contribution in [0.2, 0.25) is 0 Å². The topological polar surface area (TPSA) is 49.3 Å². The second-order valence-corrected chi connectivity index (χ2v) is 7.24. The number of halogens is 1. The Morgan fingerprint density at radius 3 is 2.65 bits per heavy atom. The lowest BCUT2D eigenvalue weighted by Gasteiger charge is -2.23. The highest BCUT2D eigenvalue weighted by molar-refractivity contribution is 14.0. The number of nitrogens with one attached hydrogen (secondary N) is 2. The number of hydrogen-bond donors (Lipinski definition) is 2. The predicted octanol–water partition coefficient (Wildman–Crippen LogP) is 3.66. The molecule has 6 heteroatoms. The molecule has 0 aliphatic heterocycles. The van der Waals surface area contributed by atoms with Crippen LogP contribution >= 0.6 is 35.7 Å². The number of hydrogen-bond acceptors (Lipinski definition) is 3. The summed E-state index contributed by atoms with van der Waals surface area (Å²) in [6, 6.07) is 10.3. The quantitative estimate of drug-likeness (QED) is 0.420. The van der Waals surface area contributed by atoms with Gasteiger partial charge in [0.15, 0.2) is 5.96 Å². The lowest BCUT2D eigenvalue weighted by molar-refractivity contribution is 0.663. The molecule has 0 saturated heterocycles. The van der Waals surface area contributed by atoms with Gasteiger partial charge in [0.1, 0.15) is 0 Å². The smallest absolute Gasteiger partial charge is 0.191 e. The lowest BCUT2D eigenvalue weighted by atomic mass is 10.1. The third-order valence-electron chi connectivity index (χ3n) is 3.64. The highest BCUT2D eigenvalue weighted by Crippen LogP contribution is 2.19. The number of nitrogens with zero attached hydrogens (tertiary/aromatic N) is 2. The zero-order valence-electron chi connectivity index (χ0n) is 14.1. The molecule has 0 amide bonds. The van der Waals surface area contributed by atoms with Crippen LogP contribution in [0.1, 0.15) is 19.5 Å². The summed E-state index contributed by atoms with van der Waals surface area (Å²) < 4.78 is 0.176. The van der Waals surface area contributed by atoms with E-state index in [4.69, 9.17) is 0 Å². The Bertz CT molecular complexity index is 653. The average molecular weight is 444 g/mol. The summed E-state index contributed by atoms with van der Waals surface area (Å²) in [6.45, 7) is 5.94. The van der Waals surface area contributed by atoms with E-state index in [-0.39, 0.29) is 28.7 Å². The van der Waals surface area contributed by atoms with Crippen molar-refractivity contribution in [1.82, 2.24) is 15.6 Å². The zero-order chi connectivity index (χ0) is 16.0. The summed E-state index contributed by atoms with van der Waals surface area (Å²) in [4.78, 5) is 8.77. The number of thioether (sulfide) groups is 1. The molecule has 0 aliphatic rings. The third-order valence-corrected chi connectivity index (χ3v) is 4.89. The Labute approximate surface area is 160 Å². The molecule has 0 radical (unpaired) electrons. The molecule has 126 valence electrons. The molecular formula is C17H25IN4S. The summed E-state index contributed by atoms with van der Waals surface area (Å²) >= 11 is 1.84. The minimum absolute atomic E-state index is 0. The van der Waals surface area contributed by atoms with Gasteiger partial charge in [0.05, 0.1) is 12.2 Å². The summed E-state index contributed by atoms with van der Waals surface area (Å²) in [7, 11) is 1.79. The molecule has 4 nitrogen and oxygen atoms in total. The molecule has 2 aromatic rings. The van der Waals surface area contributed by atoms with Crippen molar-refractivity contribution < 1.29 is 0 Å². The molecule has 1 aromatic carbocycles. The van der Waals surface area contributed by atoms with Crippen molar-refractivity contribution in [2.24, 2.45) is 4.99 Å². The SMILES string of the molecule is CN=C(NCc1nccc2ccccc12)NCC(C)(C)SC.I. The fourth-order valence-electron chi connectivity index (χ4n) is 2.08. The number of fused-ring (bicyclic) bond motifs is 1. The normalized spacial score (nSPS) is 11.9. The zero-order valence-corrected chi connectivity index (χ0v) is 17.2. The van der Waals surface area contributed by atoms with Gasteiger partial charge in [-0.05, 0) is 31.6 Å². The van der Waals surface area contributed by atoms with Crippen molar-refractivity contribution in [2.45, 2.75) is 25.1 Å². The van der Waals surface area contributed by atoms with Crippen LogP contribution in [0.4, 0.5) is 0 Å². The van der Waals surface area contributed by atoms with Gasteiger partial charge < -0.3 is 10.6 Å². The minimum atomic E-state index is 0. The van der Waals surface area contributed by atoms with Crippen LogP contribution in [-0.4, -0.2) is 35.5 Å². The van der Waals surface area contributed by atoms with E-state index in [1.807, 2.05) is 36.2 Å². The van der Waals surface area contributed by atoms with Crippen molar-refractivity contribution in [3.05, 3.63) is 42.2 Å². The van der Waals surface area contributed by atoms with Crippen molar-refractivity contribution in [2.75, 3.05) is 19.8 Å². The van der Waals surface area contributed by atoms with Crippen molar-refractivity contribution >= 4 is 52.5 Å². The van der Waals surface area contributed by atoms with Crippen molar-refractivity contribution in [3.63, 3.8) is 0 Å². The predicted molar refractivity (Wildman–Crippen MR) is 113 cm³/mol. The fourth-order valence-corrected chi connectivity index (χ4v) is 2.30. The van der Waals surface area contributed by atoms with Gasteiger partial charge in [-0.15, -0.1) is 24.0 Å². The molecule has 0 unspecified atom stereocenters. The van der Waals surface area contributed by atoms with Gasteiger partial charge in [0, 0.05) is 29.9 Å². The maximum absolute atomic E-state index is 4.49. The van der Waals surface area contributed by atoms with Gasteiger partial charge in [0.2, 0.25) is 0 Å². The van der Waals surface area contributed by atoms with E-state index in [0.717, 1.165) is 18.2 Å². The van der Waals surface area contributed by atoms with Crippen LogP contribution in [-0.2, 0) is 6.54 Å². The molecule has 0 bridgehead atoms.